The van der Waals surface area contributed by atoms with Gasteiger partial charge in [-0.1, -0.05) is 41.4 Å². The number of imide groups is 1. The van der Waals surface area contributed by atoms with E-state index in [4.69, 9.17) is 32.7 Å². The fourth-order valence-electron chi connectivity index (χ4n) is 1.89. The zero-order chi connectivity index (χ0) is 19.1. The second-order valence-corrected chi connectivity index (χ2v) is 6.03. The first kappa shape index (κ1) is 19.8. The van der Waals surface area contributed by atoms with Gasteiger partial charge in [0.25, 0.3) is 11.8 Å². The molecular weight excluding hydrogens is 381 g/mol. The predicted octanol–water partition coefficient (Wildman–Crippen LogP) is 3.26. The monoisotopic (exact) mass is 395 g/mol. The summed E-state index contributed by atoms with van der Waals surface area (Å²) < 4.78 is 10.2. The Morgan fingerprint density at radius 1 is 1.08 bits per heavy atom. The summed E-state index contributed by atoms with van der Waals surface area (Å²) >= 11 is 11.7. The third kappa shape index (κ3) is 5.75. The van der Waals surface area contributed by atoms with Crippen LogP contribution >= 0.6 is 23.2 Å². The molecule has 26 heavy (non-hydrogen) atoms. The summed E-state index contributed by atoms with van der Waals surface area (Å²) in [6.45, 7) is 0.833. The van der Waals surface area contributed by atoms with Gasteiger partial charge < -0.3 is 9.47 Å². The normalized spacial score (nSPS) is 11.3. The van der Waals surface area contributed by atoms with Crippen LogP contribution in [0.2, 0.25) is 10.0 Å². The number of halogens is 2. The molecule has 6 nitrogen and oxygen atoms in total. The summed E-state index contributed by atoms with van der Waals surface area (Å²) in [4.78, 5) is 35.4. The van der Waals surface area contributed by atoms with Gasteiger partial charge in [0.15, 0.2) is 12.7 Å². The molecule has 1 N–H and O–H groups in total. The highest BCUT2D eigenvalue weighted by atomic mass is 35.5. The van der Waals surface area contributed by atoms with Gasteiger partial charge in [-0.25, -0.2) is 4.79 Å². The minimum atomic E-state index is -1.01. The fourth-order valence-corrected chi connectivity index (χ4v) is 2.34. The maximum Gasteiger partial charge on any atom is 0.347 e. The molecule has 0 bridgehead atoms. The largest absolute Gasteiger partial charge is 0.477 e. The van der Waals surface area contributed by atoms with E-state index in [1.54, 1.807) is 36.4 Å². The molecule has 0 aliphatic rings. The van der Waals surface area contributed by atoms with Crippen molar-refractivity contribution in [3.8, 4) is 5.75 Å². The van der Waals surface area contributed by atoms with Crippen molar-refractivity contribution in [2.24, 2.45) is 0 Å². The van der Waals surface area contributed by atoms with E-state index in [-0.39, 0.29) is 10.8 Å². The van der Waals surface area contributed by atoms with E-state index in [0.717, 1.165) is 0 Å². The van der Waals surface area contributed by atoms with Crippen LogP contribution < -0.4 is 10.1 Å². The lowest BCUT2D eigenvalue weighted by Gasteiger charge is -2.15. The molecule has 0 fully saturated rings. The Bertz CT molecular complexity index is 810. The zero-order valence-corrected chi connectivity index (χ0v) is 15.2. The molecule has 0 aromatic heterocycles. The van der Waals surface area contributed by atoms with Crippen LogP contribution in [0.5, 0.6) is 5.75 Å². The first-order chi connectivity index (χ1) is 12.4. The van der Waals surface area contributed by atoms with Crippen molar-refractivity contribution in [2.75, 3.05) is 6.61 Å². The van der Waals surface area contributed by atoms with Crippen molar-refractivity contribution in [2.45, 2.75) is 13.0 Å². The van der Waals surface area contributed by atoms with E-state index in [1.165, 1.54) is 19.1 Å². The summed E-state index contributed by atoms with van der Waals surface area (Å²) in [5.41, 5.74) is 0.321. The molecule has 136 valence electrons. The van der Waals surface area contributed by atoms with E-state index in [2.05, 4.69) is 5.32 Å². The molecule has 0 aliphatic carbocycles. The lowest BCUT2D eigenvalue weighted by Crippen LogP contribution is -2.36. The van der Waals surface area contributed by atoms with Crippen LogP contribution in [0.15, 0.2) is 48.5 Å². The third-order valence-electron chi connectivity index (χ3n) is 3.16. The van der Waals surface area contributed by atoms with Crippen LogP contribution in [0.25, 0.3) is 0 Å². The van der Waals surface area contributed by atoms with Gasteiger partial charge in [-0.3, -0.25) is 14.9 Å². The van der Waals surface area contributed by atoms with E-state index < -0.39 is 30.5 Å². The van der Waals surface area contributed by atoms with Crippen LogP contribution in [0.3, 0.4) is 0 Å². The molecule has 2 aromatic rings. The predicted molar refractivity (Wildman–Crippen MR) is 96.4 cm³/mol. The lowest BCUT2D eigenvalue weighted by molar-refractivity contribution is -0.154. The maximum atomic E-state index is 11.9. The Kier molecular flexibility index (Phi) is 7.00. The van der Waals surface area contributed by atoms with Crippen molar-refractivity contribution in [1.82, 2.24) is 5.32 Å². The average molecular weight is 396 g/mol. The number of nitrogens with one attached hydrogen (secondary N) is 1. The highest BCUT2D eigenvalue weighted by Gasteiger charge is 2.20. The lowest BCUT2D eigenvalue weighted by atomic mass is 10.2. The second kappa shape index (κ2) is 9.22. The van der Waals surface area contributed by atoms with Gasteiger partial charge in [0.1, 0.15) is 5.75 Å². The second-order valence-electron chi connectivity index (χ2n) is 5.19. The minimum Gasteiger partial charge on any atom is -0.477 e. The summed E-state index contributed by atoms with van der Waals surface area (Å²) in [5.74, 6) is -1.85. The Labute approximate surface area is 160 Å². The highest BCUT2D eigenvalue weighted by Crippen LogP contribution is 2.28. The average Bonchev–Trinajstić information content (AvgIpc) is 2.62. The van der Waals surface area contributed by atoms with Gasteiger partial charge in [-0.2, -0.15) is 0 Å². The summed E-state index contributed by atoms with van der Waals surface area (Å²) in [6.07, 6.45) is -1.01. The summed E-state index contributed by atoms with van der Waals surface area (Å²) in [6, 6.07) is 12.7. The molecule has 2 rings (SSSR count). The van der Waals surface area contributed by atoms with Crippen LogP contribution in [-0.2, 0) is 14.3 Å². The molecule has 0 spiro atoms. The van der Waals surface area contributed by atoms with Gasteiger partial charge in [0, 0.05) is 10.6 Å². The van der Waals surface area contributed by atoms with Crippen LogP contribution in [-0.4, -0.2) is 30.5 Å². The Morgan fingerprint density at radius 3 is 2.42 bits per heavy atom. The van der Waals surface area contributed by atoms with Crippen molar-refractivity contribution in [1.29, 1.82) is 0 Å². The van der Waals surface area contributed by atoms with Gasteiger partial charge in [0.05, 0.1) is 5.02 Å². The van der Waals surface area contributed by atoms with Crippen LogP contribution in [0.4, 0.5) is 0 Å². The van der Waals surface area contributed by atoms with Crippen LogP contribution in [0.1, 0.15) is 17.3 Å². The molecule has 2 amide bonds. The Balaban J connectivity index is 1.81. The van der Waals surface area contributed by atoms with E-state index in [9.17, 15) is 14.4 Å². The zero-order valence-electron chi connectivity index (χ0n) is 13.7. The minimum absolute atomic E-state index is 0.239. The molecule has 0 saturated carbocycles. The van der Waals surface area contributed by atoms with Crippen molar-refractivity contribution < 1.29 is 23.9 Å². The van der Waals surface area contributed by atoms with Gasteiger partial charge in [0.2, 0.25) is 0 Å². The molecule has 2 aromatic carbocycles. The molecular formula is C18H15Cl2NO5. The Morgan fingerprint density at radius 2 is 1.77 bits per heavy atom. The Hall–Kier alpha value is -2.57. The number of hydrogen-bond donors (Lipinski definition) is 1. The van der Waals surface area contributed by atoms with E-state index in [0.29, 0.717) is 10.6 Å². The number of carbonyl (C=O) groups is 3. The standard InChI is InChI=1S/C18H15Cl2NO5/c1-11(26-15-8-7-13(19)9-14(15)20)18(24)25-10-16(22)21-17(23)12-5-3-2-4-6-12/h2-9,11H,10H2,1H3,(H,21,22,23)/t11-/m0/s1. The molecule has 1 atom stereocenters. The number of esters is 1. The van der Waals surface area contributed by atoms with Crippen LogP contribution in [0, 0.1) is 0 Å². The molecule has 0 saturated heterocycles. The molecule has 0 heterocycles. The number of hydrogen-bond acceptors (Lipinski definition) is 5. The quantitative estimate of drug-likeness (QED) is 0.759. The number of ether oxygens (including phenoxy) is 2. The molecule has 0 aliphatic heterocycles. The van der Waals surface area contributed by atoms with E-state index in [1.807, 2.05) is 0 Å². The highest BCUT2D eigenvalue weighted by molar-refractivity contribution is 6.35. The van der Waals surface area contributed by atoms with Crippen molar-refractivity contribution >= 4 is 41.0 Å². The number of rotatable bonds is 6. The summed E-state index contributed by atoms with van der Waals surface area (Å²) in [5, 5.41) is 2.79. The first-order valence-electron chi connectivity index (χ1n) is 7.54. The fraction of sp³-hybridized carbons (Fsp3) is 0.167. The first-order valence-corrected chi connectivity index (χ1v) is 8.30. The van der Waals surface area contributed by atoms with Gasteiger partial charge in [-0.15, -0.1) is 0 Å². The number of carbonyl (C=O) groups excluding carboxylic acids is 3. The number of amides is 2. The van der Waals surface area contributed by atoms with Gasteiger partial charge >= 0.3 is 5.97 Å². The SMILES string of the molecule is C[C@H](Oc1ccc(Cl)cc1Cl)C(=O)OCC(=O)NC(=O)c1ccccc1. The molecule has 0 unspecified atom stereocenters. The smallest absolute Gasteiger partial charge is 0.347 e. The molecule has 0 radical (unpaired) electrons. The molecule has 8 heteroatoms. The third-order valence-corrected chi connectivity index (χ3v) is 3.69. The van der Waals surface area contributed by atoms with Gasteiger partial charge in [-0.05, 0) is 37.3 Å². The van der Waals surface area contributed by atoms with E-state index >= 15 is 0 Å². The van der Waals surface area contributed by atoms with Crippen molar-refractivity contribution in [3.05, 3.63) is 64.1 Å². The summed E-state index contributed by atoms with van der Waals surface area (Å²) in [7, 11) is 0. The number of benzene rings is 2. The van der Waals surface area contributed by atoms with Crippen molar-refractivity contribution in [3.63, 3.8) is 0 Å². The maximum absolute atomic E-state index is 11.9. The topological polar surface area (TPSA) is 81.7 Å².